The molecule has 2 N–H and O–H groups in total. The minimum atomic E-state index is -0.563. The molecule has 0 atom stereocenters. The Kier molecular flexibility index (Phi) is 5.79. The number of nitrogens with one attached hydrogen (secondary N) is 1. The Labute approximate surface area is 174 Å². The Morgan fingerprint density at radius 3 is 2.30 bits per heavy atom. The van der Waals surface area contributed by atoms with E-state index in [2.05, 4.69) is 10.4 Å². The summed E-state index contributed by atoms with van der Waals surface area (Å²) in [5, 5.41) is 16.5. The quantitative estimate of drug-likeness (QED) is 0.601. The lowest BCUT2D eigenvalue weighted by Gasteiger charge is -2.14. The molecule has 0 radical (unpaired) electrons. The summed E-state index contributed by atoms with van der Waals surface area (Å²) < 4.78 is 6.99. The van der Waals surface area contributed by atoms with Gasteiger partial charge in [-0.2, -0.15) is 5.10 Å². The molecular formula is C23H23N3O4. The van der Waals surface area contributed by atoms with Crippen molar-refractivity contribution in [1.29, 1.82) is 0 Å². The fourth-order valence-corrected chi connectivity index (χ4v) is 3.70. The molecule has 154 valence electrons. The van der Waals surface area contributed by atoms with Gasteiger partial charge in [-0.3, -0.25) is 4.79 Å². The molecule has 1 amide bonds. The van der Waals surface area contributed by atoms with Gasteiger partial charge in [0.25, 0.3) is 5.91 Å². The van der Waals surface area contributed by atoms with Crippen LogP contribution in [0.15, 0.2) is 60.8 Å². The second kappa shape index (κ2) is 8.82. The van der Waals surface area contributed by atoms with Crippen LogP contribution in [-0.4, -0.2) is 33.4 Å². The molecule has 4 rings (SSSR count). The summed E-state index contributed by atoms with van der Waals surface area (Å²) in [4.78, 5) is 24.5. The zero-order valence-corrected chi connectivity index (χ0v) is 16.5. The molecule has 0 spiro atoms. The van der Waals surface area contributed by atoms with Crippen LogP contribution in [0.5, 0.6) is 5.75 Å². The fraction of sp³-hybridized carbons (Fsp3) is 0.261. The van der Waals surface area contributed by atoms with E-state index in [0.29, 0.717) is 17.4 Å². The van der Waals surface area contributed by atoms with Crippen LogP contribution in [0.2, 0.25) is 0 Å². The van der Waals surface area contributed by atoms with E-state index in [4.69, 9.17) is 4.74 Å². The van der Waals surface area contributed by atoms with Crippen LogP contribution in [-0.2, 0) is 9.53 Å². The van der Waals surface area contributed by atoms with E-state index < -0.39 is 11.9 Å². The average Bonchev–Trinajstić information content (AvgIpc) is 3.44. The Morgan fingerprint density at radius 2 is 1.63 bits per heavy atom. The van der Waals surface area contributed by atoms with Crippen LogP contribution in [0.4, 0.5) is 5.82 Å². The van der Waals surface area contributed by atoms with Gasteiger partial charge in [0.1, 0.15) is 11.6 Å². The zero-order chi connectivity index (χ0) is 20.9. The summed E-state index contributed by atoms with van der Waals surface area (Å²) in [7, 11) is 0. The van der Waals surface area contributed by atoms with Gasteiger partial charge in [-0.15, -0.1) is 0 Å². The number of aromatic hydroxyl groups is 1. The number of hydrogen-bond acceptors (Lipinski definition) is 5. The van der Waals surface area contributed by atoms with Gasteiger partial charge in [0.05, 0.1) is 17.8 Å². The van der Waals surface area contributed by atoms with Crippen molar-refractivity contribution in [2.75, 3.05) is 11.9 Å². The molecule has 0 aliphatic heterocycles. The van der Waals surface area contributed by atoms with Crippen molar-refractivity contribution >= 4 is 17.7 Å². The van der Waals surface area contributed by atoms with Gasteiger partial charge in [0.2, 0.25) is 0 Å². The molecule has 0 unspecified atom stereocenters. The molecule has 0 bridgehead atoms. The topological polar surface area (TPSA) is 93.5 Å². The lowest BCUT2D eigenvalue weighted by atomic mass is 10.0. The maximum atomic E-state index is 12.3. The molecule has 0 saturated heterocycles. The average molecular weight is 405 g/mol. The first-order valence-corrected chi connectivity index (χ1v) is 10.00. The molecule has 1 aromatic heterocycles. The van der Waals surface area contributed by atoms with E-state index in [9.17, 15) is 14.7 Å². The highest BCUT2D eigenvalue weighted by atomic mass is 16.5. The smallest absolute Gasteiger partial charge is 0.338 e. The number of ether oxygens (including phenoxy) is 1. The zero-order valence-electron chi connectivity index (χ0n) is 16.5. The number of esters is 1. The number of phenolic OH excluding ortho intramolecular Hbond substituents is 1. The summed E-state index contributed by atoms with van der Waals surface area (Å²) in [6.45, 7) is -0.367. The Balaban J connectivity index is 1.32. The molecule has 7 nitrogen and oxygen atoms in total. The summed E-state index contributed by atoms with van der Waals surface area (Å²) in [5.74, 6) is -0.139. The molecule has 3 aromatic rings. The number of rotatable bonds is 6. The summed E-state index contributed by atoms with van der Waals surface area (Å²) in [6.07, 6.45) is 6.11. The van der Waals surface area contributed by atoms with Crippen molar-refractivity contribution in [2.24, 2.45) is 0 Å². The first-order valence-electron chi connectivity index (χ1n) is 10.00. The normalized spacial score (nSPS) is 13.9. The van der Waals surface area contributed by atoms with Crippen LogP contribution in [0.3, 0.4) is 0 Å². The number of phenols is 1. The predicted molar refractivity (Wildman–Crippen MR) is 112 cm³/mol. The second-order valence-electron chi connectivity index (χ2n) is 7.35. The van der Waals surface area contributed by atoms with E-state index in [0.717, 1.165) is 24.0 Å². The third-order valence-electron chi connectivity index (χ3n) is 5.26. The molecule has 1 aliphatic rings. The molecule has 1 aliphatic carbocycles. The fourth-order valence-electron chi connectivity index (χ4n) is 3.70. The third-order valence-corrected chi connectivity index (χ3v) is 5.26. The number of aromatic nitrogens is 2. The number of hydrogen-bond donors (Lipinski definition) is 2. The molecular weight excluding hydrogens is 382 g/mol. The Morgan fingerprint density at radius 1 is 1.00 bits per heavy atom. The van der Waals surface area contributed by atoms with Gasteiger partial charge in [-0.25, -0.2) is 9.48 Å². The molecule has 2 aromatic carbocycles. The number of carbonyl (C=O) groups is 2. The van der Waals surface area contributed by atoms with E-state index in [1.54, 1.807) is 60.8 Å². The van der Waals surface area contributed by atoms with Crippen LogP contribution in [0.1, 0.15) is 42.1 Å². The summed E-state index contributed by atoms with van der Waals surface area (Å²) >= 11 is 0. The lowest BCUT2D eigenvalue weighted by Crippen LogP contribution is -2.23. The van der Waals surface area contributed by atoms with E-state index in [1.807, 2.05) is 4.68 Å². The predicted octanol–water partition coefficient (Wildman–Crippen LogP) is 4.17. The maximum Gasteiger partial charge on any atom is 0.338 e. The molecule has 1 heterocycles. The van der Waals surface area contributed by atoms with Gasteiger partial charge in [0, 0.05) is 6.07 Å². The van der Waals surface area contributed by atoms with Gasteiger partial charge in [-0.05, 0) is 48.2 Å². The van der Waals surface area contributed by atoms with Crippen molar-refractivity contribution in [3.05, 3.63) is 66.4 Å². The highest BCUT2D eigenvalue weighted by molar-refractivity contribution is 5.95. The van der Waals surface area contributed by atoms with Crippen LogP contribution >= 0.6 is 0 Å². The van der Waals surface area contributed by atoms with Crippen molar-refractivity contribution in [3.8, 4) is 16.9 Å². The minimum Gasteiger partial charge on any atom is -0.508 e. The van der Waals surface area contributed by atoms with Crippen molar-refractivity contribution in [1.82, 2.24) is 9.78 Å². The first kappa shape index (κ1) is 19.7. The van der Waals surface area contributed by atoms with Crippen LogP contribution in [0.25, 0.3) is 11.1 Å². The van der Waals surface area contributed by atoms with Gasteiger partial charge in [-0.1, -0.05) is 37.1 Å². The Bertz CT molecular complexity index is 1020. The van der Waals surface area contributed by atoms with Crippen molar-refractivity contribution < 1.29 is 19.4 Å². The molecule has 1 saturated carbocycles. The number of carbonyl (C=O) groups excluding carboxylic acids is 2. The highest BCUT2D eigenvalue weighted by Crippen LogP contribution is 2.31. The molecule has 30 heavy (non-hydrogen) atoms. The summed E-state index contributed by atoms with van der Waals surface area (Å²) in [5.41, 5.74) is 2.19. The number of anilines is 1. The van der Waals surface area contributed by atoms with Gasteiger partial charge < -0.3 is 15.2 Å². The SMILES string of the molecule is O=C(COC(=O)c1ccc(-c2ccc(O)cc2)cc1)Nc1ccnn1C1CCCC1. The second-order valence-corrected chi connectivity index (χ2v) is 7.35. The lowest BCUT2D eigenvalue weighted by molar-refractivity contribution is -0.119. The largest absolute Gasteiger partial charge is 0.508 e. The van der Waals surface area contributed by atoms with Gasteiger partial charge >= 0.3 is 5.97 Å². The summed E-state index contributed by atoms with van der Waals surface area (Å²) in [6, 6.07) is 15.8. The number of benzene rings is 2. The standard InChI is InChI=1S/C23H23N3O4/c27-20-11-9-17(10-12-20)16-5-7-18(8-6-16)23(29)30-15-22(28)25-21-13-14-24-26(21)19-3-1-2-4-19/h5-14,19,27H,1-4,15H2,(H,25,28). The molecule has 7 heteroatoms. The van der Waals surface area contributed by atoms with Crippen LogP contribution in [0, 0.1) is 0 Å². The van der Waals surface area contributed by atoms with Gasteiger partial charge in [0.15, 0.2) is 6.61 Å². The van der Waals surface area contributed by atoms with Crippen LogP contribution < -0.4 is 5.32 Å². The van der Waals surface area contributed by atoms with Crippen molar-refractivity contribution in [3.63, 3.8) is 0 Å². The third kappa shape index (κ3) is 4.51. The van der Waals surface area contributed by atoms with E-state index in [1.165, 1.54) is 12.8 Å². The van der Waals surface area contributed by atoms with E-state index in [-0.39, 0.29) is 12.4 Å². The molecule has 1 fully saturated rings. The maximum absolute atomic E-state index is 12.3. The first-order chi connectivity index (χ1) is 14.6. The van der Waals surface area contributed by atoms with E-state index >= 15 is 0 Å². The highest BCUT2D eigenvalue weighted by Gasteiger charge is 2.20. The number of nitrogens with zero attached hydrogens (tertiary/aromatic N) is 2. The van der Waals surface area contributed by atoms with Crippen molar-refractivity contribution in [2.45, 2.75) is 31.7 Å². The minimum absolute atomic E-state index is 0.198. The Hall–Kier alpha value is -3.61. The number of amides is 1. The monoisotopic (exact) mass is 405 g/mol.